The number of nitrogens with two attached hydrogens (primary N) is 1. The lowest BCUT2D eigenvalue weighted by Gasteiger charge is -2.52. The number of carbonyl (C=O) groups is 3. The van der Waals surface area contributed by atoms with E-state index in [0.29, 0.717) is 5.56 Å². The van der Waals surface area contributed by atoms with Gasteiger partial charge in [-0.3, -0.25) is 9.59 Å². The highest BCUT2D eigenvalue weighted by Crippen LogP contribution is 2.52. The molecule has 0 aromatic heterocycles. The van der Waals surface area contributed by atoms with Gasteiger partial charge in [0.05, 0.1) is 0 Å². The summed E-state index contributed by atoms with van der Waals surface area (Å²) in [5, 5.41) is 2.48. The SMILES string of the molecule is C[C@@]12OC(=O)[C@]1(C(=O)c1ccccc1)NC(=O)[C@]2(N)CCCl. The fraction of sp³-hybridized carbons (Fsp3) is 0.400. The van der Waals surface area contributed by atoms with Crippen LogP contribution in [-0.4, -0.2) is 40.2 Å². The van der Waals surface area contributed by atoms with Gasteiger partial charge in [-0.1, -0.05) is 30.3 Å². The molecule has 2 fully saturated rings. The molecule has 1 aromatic rings. The zero-order chi connectivity index (χ0) is 16.2. The number of benzene rings is 1. The van der Waals surface area contributed by atoms with Crippen molar-refractivity contribution in [2.45, 2.75) is 30.0 Å². The molecule has 1 aromatic carbocycles. The average molecular weight is 323 g/mol. The van der Waals surface area contributed by atoms with Crippen LogP contribution in [0, 0.1) is 0 Å². The van der Waals surface area contributed by atoms with Gasteiger partial charge in [0.2, 0.25) is 17.2 Å². The molecule has 7 heteroatoms. The van der Waals surface area contributed by atoms with Crippen LogP contribution in [-0.2, 0) is 14.3 Å². The molecule has 3 rings (SSSR count). The number of fused-ring (bicyclic) bond motifs is 1. The maximum atomic E-state index is 12.9. The summed E-state index contributed by atoms with van der Waals surface area (Å²) in [4.78, 5) is 37.4. The summed E-state index contributed by atoms with van der Waals surface area (Å²) in [7, 11) is 0. The molecule has 1 amide bonds. The molecule has 2 heterocycles. The predicted octanol–water partition coefficient (Wildman–Crippen LogP) is 0.380. The fourth-order valence-electron chi connectivity index (χ4n) is 3.25. The Bertz CT molecular complexity index is 679. The number of carbonyl (C=O) groups excluding carboxylic acids is 3. The van der Waals surface area contributed by atoms with E-state index in [1.165, 1.54) is 6.92 Å². The van der Waals surface area contributed by atoms with Crippen molar-refractivity contribution < 1.29 is 19.1 Å². The minimum absolute atomic E-state index is 0.0913. The molecular formula is C15H15ClN2O4. The molecule has 2 aliphatic rings. The van der Waals surface area contributed by atoms with Crippen molar-refractivity contribution in [3.8, 4) is 0 Å². The maximum absolute atomic E-state index is 12.9. The summed E-state index contributed by atoms with van der Waals surface area (Å²) in [5.41, 5.74) is 1.69. The summed E-state index contributed by atoms with van der Waals surface area (Å²) in [6, 6.07) is 8.26. The Morgan fingerprint density at radius 2 is 1.95 bits per heavy atom. The largest absolute Gasteiger partial charge is 0.451 e. The van der Waals surface area contributed by atoms with E-state index in [-0.39, 0.29) is 12.3 Å². The van der Waals surface area contributed by atoms with E-state index in [1.54, 1.807) is 30.3 Å². The van der Waals surface area contributed by atoms with Gasteiger partial charge in [0.25, 0.3) is 0 Å². The zero-order valence-electron chi connectivity index (χ0n) is 11.9. The Labute approximate surface area is 131 Å². The number of amides is 1. The quantitative estimate of drug-likeness (QED) is 0.361. The van der Waals surface area contributed by atoms with Crippen LogP contribution in [0.3, 0.4) is 0 Å². The first-order valence-corrected chi connectivity index (χ1v) is 7.38. The Kier molecular flexibility index (Phi) is 3.09. The monoisotopic (exact) mass is 322 g/mol. The number of rotatable bonds is 4. The number of halogens is 1. The van der Waals surface area contributed by atoms with Crippen LogP contribution in [0.2, 0.25) is 0 Å². The highest BCUT2D eigenvalue weighted by molar-refractivity contribution is 6.26. The Hall–Kier alpha value is -1.92. The first-order valence-electron chi connectivity index (χ1n) is 6.84. The van der Waals surface area contributed by atoms with Crippen molar-refractivity contribution in [2.24, 2.45) is 5.73 Å². The first kappa shape index (κ1) is 15.0. The molecule has 3 N–H and O–H groups in total. The molecule has 0 spiro atoms. The third-order valence-electron chi connectivity index (χ3n) is 4.74. The number of hydrogen-bond donors (Lipinski definition) is 2. The minimum Gasteiger partial charge on any atom is -0.451 e. The molecule has 2 saturated heterocycles. The molecule has 6 nitrogen and oxygen atoms in total. The standard InChI is InChI=1S/C15H15ClN2O4/c1-13-14(17,7-8-16)11(20)18-15(13,12(21)22-13)10(19)9-5-3-2-4-6-9/h2-6H,7-8,17H2,1H3,(H,18,20)/t13-,14+,15-/m0/s1. The van der Waals surface area contributed by atoms with Crippen LogP contribution in [0.1, 0.15) is 23.7 Å². The Morgan fingerprint density at radius 1 is 1.32 bits per heavy atom. The van der Waals surface area contributed by atoms with Crippen molar-refractivity contribution in [1.29, 1.82) is 0 Å². The van der Waals surface area contributed by atoms with Crippen LogP contribution in [0.5, 0.6) is 0 Å². The summed E-state index contributed by atoms with van der Waals surface area (Å²) in [5.74, 6) is -1.82. The lowest BCUT2D eigenvalue weighted by atomic mass is 9.64. The molecule has 0 aliphatic carbocycles. The smallest absolute Gasteiger partial charge is 0.345 e. The van der Waals surface area contributed by atoms with Gasteiger partial charge in [0.1, 0.15) is 5.54 Å². The van der Waals surface area contributed by atoms with Crippen molar-refractivity contribution in [3.05, 3.63) is 35.9 Å². The highest BCUT2D eigenvalue weighted by Gasteiger charge is 2.84. The summed E-state index contributed by atoms with van der Waals surface area (Å²) >= 11 is 5.73. The van der Waals surface area contributed by atoms with Gasteiger partial charge in [-0.05, 0) is 13.3 Å². The molecule has 2 aliphatic heterocycles. The molecule has 3 atom stereocenters. The van der Waals surface area contributed by atoms with Crippen molar-refractivity contribution >= 4 is 29.3 Å². The van der Waals surface area contributed by atoms with Gasteiger partial charge in [-0.25, -0.2) is 4.79 Å². The van der Waals surface area contributed by atoms with Crippen molar-refractivity contribution in [2.75, 3.05) is 5.88 Å². The lowest BCUT2D eigenvalue weighted by Crippen LogP contribution is -2.82. The third-order valence-corrected chi connectivity index (χ3v) is 4.93. The molecule has 0 radical (unpaired) electrons. The van der Waals surface area contributed by atoms with E-state index < -0.39 is 34.3 Å². The highest BCUT2D eigenvalue weighted by atomic mass is 35.5. The summed E-state index contributed by atoms with van der Waals surface area (Å²) < 4.78 is 5.21. The number of esters is 1. The third kappa shape index (κ3) is 1.46. The normalized spacial score (nSPS) is 36.1. The van der Waals surface area contributed by atoms with E-state index in [2.05, 4.69) is 5.32 Å². The second-order valence-electron chi connectivity index (χ2n) is 5.73. The van der Waals surface area contributed by atoms with E-state index in [0.717, 1.165) is 0 Å². The van der Waals surface area contributed by atoms with E-state index in [4.69, 9.17) is 22.1 Å². The van der Waals surface area contributed by atoms with Crippen LogP contribution in [0.15, 0.2) is 30.3 Å². The number of ketones is 1. The molecule has 0 unspecified atom stereocenters. The van der Waals surface area contributed by atoms with E-state index in [1.807, 2.05) is 0 Å². The predicted molar refractivity (Wildman–Crippen MR) is 78.4 cm³/mol. The molecular weight excluding hydrogens is 308 g/mol. The molecule has 22 heavy (non-hydrogen) atoms. The van der Waals surface area contributed by atoms with Crippen LogP contribution < -0.4 is 11.1 Å². The lowest BCUT2D eigenvalue weighted by molar-refractivity contribution is -0.212. The van der Waals surface area contributed by atoms with Gasteiger partial charge in [0, 0.05) is 11.4 Å². The Balaban J connectivity index is 2.11. The number of ether oxygens (including phenoxy) is 1. The Morgan fingerprint density at radius 3 is 2.50 bits per heavy atom. The van der Waals surface area contributed by atoms with Crippen LogP contribution >= 0.6 is 11.6 Å². The maximum Gasteiger partial charge on any atom is 0.345 e. The minimum atomic E-state index is -1.79. The topological polar surface area (TPSA) is 98.5 Å². The average Bonchev–Trinajstić information content (AvgIpc) is 2.64. The van der Waals surface area contributed by atoms with Crippen molar-refractivity contribution in [1.82, 2.24) is 5.32 Å². The molecule has 116 valence electrons. The van der Waals surface area contributed by atoms with Gasteiger partial charge < -0.3 is 15.8 Å². The summed E-state index contributed by atoms with van der Waals surface area (Å²) in [6.45, 7) is 1.50. The number of alkyl halides is 1. The van der Waals surface area contributed by atoms with Crippen LogP contribution in [0.25, 0.3) is 0 Å². The fourth-order valence-corrected chi connectivity index (χ4v) is 3.55. The second-order valence-corrected chi connectivity index (χ2v) is 6.11. The summed E-state index contributed by atoms with van der Waals surface area (Å²) in [6.07, 6.45) is 0.0913. The second kappa shape index (κ2) is 4.54. The van der Waals surface area contributed by atoms with Gasteiger partial charge in [0.15, 0.2) is 5.60 Å². The molecule has 0 bridgehead atoms. The van der Waals surface area contributed by atoms with Crippen LogP contribution in [0.4, 0.5) is 0 Å². The van der Waals surface area contributed by atoms with E-state index in [9.17, 15) is 14.4 Å². The van der Waals surface area contributed by atoms with E-state index >= 15 is 0 Å². The van der Waals surface area contributed by atoms with Gasteiger partial charge in [-0.15, -0.1) is 11.6 Å². The number of Topliss-reactive ketones (excluding diaryl/α,β-unsaturated/α-hetero) is 1. The van der Waals surface area contributed by atoms with Gasteiger partial charge in [-0.2, -0.15) is 0 Å². The first-order chi connectivity index (χ1) is 10.3. The zero-order valence-corrected chi connectivity index (χ0v) is 12.6. The number of hydrogen-bond acceptors (Lipinski definition) is 5. The number of nitrogens with one attached hydrogen (secondary N) is 1. The van der Waals surface area contributed by atoms with Gasteiger partial charge >= 0.3 is 5.97 Å². The van der Waals surface area contributed by atoms with Crippen molar-refractivity contribution in [3.63, 3.8) is 0 Å². The molecule has 0 saturated carbocycles.